The maximum absolute atomic E-state index is 5.55. The zero-order valence-electron chi connectivity index (χ0n) is 14.2. The zero-order valence-corrected chi connectivity index (χ0v) is 14.2. The molecule has 0 bridgehead atoms. The molecule has 0 aliphatic carbocycles. The van der Waals surface area contributed by atoms with Crippen LogP contribution in [0.3, 0.4) is 0 Å². The molecule has 0 radical (unpaired) electrons. The van der Waals surface area contributed by atoms with Gasteiger partial charge >= 0.3 is 0 Å². The minimum Gasteiger partial charge on any atom is -0.337 e. The fourth-order valence-corrected chi connectivity index (χ4v) is 3.37. The first-order chi connectivity index (χ1) is 11.7. The molecular weight excluding hydrogens is 302 g/mol. The Balaban J connectivity index is 1.72. The van der Waals surface area contributed by atoms with Crippen LogP contribution in [0.4, 0.5) is 0 Å². The zero-order chi connectivity index (χ0) is 16.5. The summed E-state index contributed by atoms with van der Waals surface area (Å²) >= 11 is 0. The molecule has 0 saturated carbocycles. The summed E-state index contributed by atoms with van der Waals surface area (Å²) < 4.78 is 7.37. The fourth-order valence-electron chi connectivity index (χ4n) is 3.37. The molecule has 6 nitrogen and oxygen atoms in total. The van der Waals surface area contributed by atoms with Crippen LogP contribution in [0.25, 0.3) is 16.9 Å². The number of aromatic nitrogens is 4. The second-order valence-electron chi connectivity index (χ2n) is 6.93. The molecule has 6 heteroatoms. The average molecular weight is 325 g/mol. The van der Waals surface area contributed by atoms with Crippen molar-refractivity contribution in [2.45, 2.75) is 39.0 Å². The Bertz CT molecular complexity index is 829. The van der Waals surface area contributed by atoms with Crippen LogP contribution in [0.2, 0.25) is 0 Å². The normalized spacial score (nSPS) is 16.3. The van der Waals surface area contributed by atoms with E-state index in [1.165, 1.54) is 5.39 Å². The summed E-state index contributed by atoms with van der Waals surface area (Å²) in [7, 11) is 0. The molecule has 1 aliphatic rings. The van der Waals surface area contributed by atoms with Gasteiger partial charge in [-0.1, -0.05) is 32.0 Å². The summed E-state index contributed by atoms with van der Waals surface area (Å²) in [6, 6.07) is 8.25. The minimum atomic E-state index is 0.351. The topological polar surface area (TPSA) is 68.8 Å². The Morgan fingerprint density at radius 2 is 2.04 bits per heavy atom. The Morgan fingerprint density at radius 3 is 2.83 bits per heavy atom. The molecule has 0 atom stereocenters. The third-order valence-electron chi connectivity index (χ3n) is 4.57. The smallest absolute Gasteiger partial charge is 0.291 e. The van der Waals surface area contributed by atoms with E-state index < -0.39 is 0 Å². The molecule has 3 aromatic rings. The summed E-state index contributed by atoms with van der Waals surface area (Å²) in [5.74, 6) is 2.17. The highest BCUT2D eigenvalue weighted by Gasteiger charge is 2.23. The van der Waals surface area contributed by atoms with Crippen molar-refractivity contribution < 1.29 is 4.52 Å². The molecule has 24 heavy (non-hydrogen) atoms. The predicted molar refractivity (Wildman–Crippen MR) is 92.3 cm³/mol. The lowest BCUT2D eigenvalue weighted by Crippen LogP contribution is -2.26. The van der Waals surface area contributed by atoms with Crippen LogP contribution in [0, 0.1) is 5.92 Å². The molecule has 0 amide bonds. The van der Waals surface area contributed by atoms with Gasteiger partial charge in [0.05, 0.1) is 11.2 Å². The van der Waals surface area contributed by atoms with Gasteiger partial charge in [0.2, 0.25) is 5.89 Å². The minimum absolute atomic E-state index is 0.351. The average Bonchev–Trinajstić information content (AvgIpc) is 3.21. The lowest BCUT2D eigenvalue weighted by atomic mass is 9.98. The number of nitrogens with one attached hydrogen (secondary N) is 1. The Kier molecular flexibility index (Phi) is 4.06. The third kappa shape index (κ3) is 2.82. The number of rotatable bonds is 4. The molecule has 2 aromatic heterocycles. The van der Waals surface area contributed by atoms with Gasteiger partial charge in [-0.15, -0.1) is 0 Å². The summed E-state index contributed by atoms with van der Waals surface area (Å²) in [5, 5.41) is 13.5. The molecule has 0 spiro atoms. The van der Waals surface area contributed by atoms with Crippen molar-refractivity contribution in [2.24, 2.45) is 5.92 Å². The summed E-state index contributed by atoms with van der Waals surface area (Å²) in [6.07, 6.45) is 3.02. The van der Waals surface area contributed by atoms with Crippen LogP contribution >= 0.6 is 0 Å². The van der Waals surface area contributed by atoms with Gasteiger partial charge in [-0.25, -0.2) is 0 Å². The lowest BCUT2D eigenvalue weighted by Gasteiger charge is -2.18. The standard InChI is InChI=1S/C18H23N5O/c1-12(2)11-15-14-5-3-4-6-16(14)23(21-15)18-20-17(24-22-18)13-7-9-19-10-8-13/h3-6,12-13,19H,7-11H2,1-2H3. The second-order valence-corrected chi connectivity index (χ2v) is 6.93. The van der Waals surface area contributed by atoms with Crippen molar-refractivity contribution in [3.05, 3.63) is 35.9 Å². The van der Waals surface area contributed by atoms with Crippen LogP contribution in [0.1, 0.15) is 44.2 Å². The van der Waals surface area contributed by atoms with E-state index in [0.29, 0.717) is 17.8 Å². The van der Waals surface area contributed by atoms with E-state index in [-0.39, 0.29) is 0 Å². The Hall–Kier alpha value is -2.21. The van der Waals surface area contributed by atoms with Crippen molar-refractivity contribution in [3.8, 4) is 5.95 Å². The molecular formula is C18H23N5O. The number of fused-ring (bicyclic) bond motifs is 1. The van der Waals surface area contributed by atoms with Crippen molar-refractivity contribution >= 4 is 10.9 Å². The molecule has 3 heterocycles. The molecule has 0 unspecified atom stereocenters. The first-order valence-corrected chi connectivity index (χ1v) is 8.73. The van der Waals surface area contributed by atoms with Crippen LogP contribution in [0.15, 0.2) is 28.8 Å². The molecule has 1 N–H and O–H groups in total. The van der Waals surface area contributed by atoms with E-state index in [2.05, 4.69) is 47.5 Å². The van der Waals surface area contributed by atoms with Gasteiger partial charge in [0, 0.05) is 11.3 Å². The highest BCUT2D eigenvalue weighted by Crippen LogP contribution is 2.26. The highest BCUT2D eigenvalue weighted by molar-refractivity contribution is 5.83. The monoisotopic (exact) mass is 325 g/mol. The lowest BCUT2D eigenvalue weighted by molar-refractivity contribution is 0.319. The van der Waals surface area contributed by atoms with Gasteiger partial charge in [0.25, 0.3) is 5.95 Å². The number of hydrogen-bond donors (Lipinski definition) is 1. The number of piperidine rings is 1. The van der Waals surface area contributed by atoms with Crippen LogP contribution in [-0.4, -0.2) is 33.0 Å². The van der Waals surface area contributed by atoms with E-state index in [9.17, 15) is 0 Å². The maximum atomic E-state index is 5.55. The predicted octanol–water partition coefficient (Wildman–Crippen LogP) is 3.07. The third-order valence-corrected chi connectivity index (χ3v) is 4.57. The highest BCUT2D eigenvalue weighted by atomic mass is 16.5. The molecule has 1 aliphatic heterocycles. The number of benzene rings is 1. The van der Waals surface area contributed by atoms with Crippen molar-refractivity contribution in [3.63, 3.8) is 0 Å². The molecule has 1 aromatic carbocycles. The summed E-state index contributed by atoms with van der Waals surface area (Å²) in [4.78, 5) is 4.64. The van der Waals surface area contributed by atoms with Gasteiger partial charge in [-0.05, 0) is 49.5 Å². The van der Waals surface area contributed by atoms with Gasteiger partial charge in [0.15, 0.2) is 0 Å². The molecule has 1 saturated heterocycles. The van der Waals surface area contributed by atoms with E-state index in [1.807, 2.05) is 10.7 Å². The summed E-state index contributed by atoms with van der Waals surface area (Å²) in [6.45, 7) is 6.42. The SMILES string of the molecule is CC(C)Cc1nn(-c2noc(C3CCNCC3)n2)c2ccccc12. The van der Waals surface area contributed by atoms with Crippen LogP contribution < -0.4 is 5.32 Å². The van der Waals surface area contributed by atoms with Gasteiger partial charge in [-0.2, -0.15) is 14.8 Å². The van der Waals surface area contributed by atoms with Crippen molar-refractivity contribution in [1.29, 1.82) is 0 Å². The van der Waals surface area contributed by atoms with Crippen LogP contribution in [0.5, 0.6) is 0 Å². The number of hydrogen-bond acceptors (Lipinski definition) is 5. The van der Waals surface area contributed by atoms with Gasteiger partial charge in [-0.3, -0.25) is 0 Å². The van der Waals surface area contributed by atoms with Gasteiger partial charge < -0.3 is 9.84 Å². The molecule has 126 valence electrons. The van der Waals surface area contributed by atoms with Crippen molar-refractivity contribution in [2.75, 3.05) is 13.1 Å². The first kappa shape index (κ1) is 15.3. The Morgan fingerprint density at radius 1 is 1.25 bits per heavy atom. The largest absolute Gasteiger partial charge is 0.337 e. The van der Waals surface area contributed by atoms with E-state index >= 15 is 0 Å². The molecule has 4 rings (SSSR count). The number of para-hydroxylation sites is 1. The van der Waals surface area contributed by atoms with E-state index in [0.717, 1.165) is 49.5 Å². The maximum Gasteiger partial charge on any atom is 0.291 e. The molecule has 1 fully saturated rings. The quantitative estimate of drug-likeness (QED) is 0.798. The second kappa shape index (κ2) is 6.36. The Labute approximate surface area is 141 Å². The van der Waals surface area contributed by atoms with E-state index in [4.69, 9.17) is 9.62 Å². The first-order valence-electron chi connectivity index (χ1n) is 8.73. The van der Waals surface area contributed by atoms with Crippen LogP contribution in [-0.2, 0) is 6.42 Å². The van der Waals surface area contributed by atoms with Crippen molar-refractivity contribution in [1.82, 2.24) is 25.2 Å². The van der Waals surface area contributed by atoms with E-state index in [1.54, 1.807) is 0 Å². The fraction of sp³-hybridized carbons (Fsp3) is 0.500. The number of nitrogens with zero attached hydrogens (tertiary/aromatic N) is 4. The van der Waals surface area contributed by atoms with Gasteiger partial charge in [0.1, 0.15) is 0 Å². The summed E-state index contributed by atoms with van der Waals surface area (Å²) in [5.41, 5.74) is 2.12.